The van der Waals surface area contributed by atoms with E-state index in [0.717, 1.165) is 43.5 Å². The van der Waals surface area contributed by atoms with Gasteiger partial charge in [0, 0.05) is 42.1 Å². The molecule has 2 bridgehead atoms. The van der Waals surface area contributed by atoms with Crippen LogP contribution in [0.2, 0.25) is 0 Å². The third-order valence-electron chi connectivity index (χ3n) is 6.80. The van der Waals surface area contributed by atoms with Gasteiger partial charge in [-0.15, -0.1) is 0 Å². The molecular formula is C25H32N4O4. The number of ether oxygens (including phenoxy) is 1. The molecule has 0 radical (unpaired) electrons. The van der Waals surface area contributed by atoms with Crippen LogP contribution < -0.4 is 20.7 Å². The van der Waals surface area contributed by atoms with Crippen LogP contribution in [0.5, 0.6) is 5.75 Å². The number of benzene rings is 1. The zero-order valence-corrected chi connectivity index (χ0v) is 19.0. The second kappa shape index (κ2) is 10.2. The number of anilines is 1. The van der Waals surface area contributed by atoms with E-state index in [1.165, 1.54) is 6.20 Å². The van der Waals surface area contributed by atoms with E-state index < -0.39 is 5.91 Å². The molecule has 2 atom stereocenters. The van der Waals surface area contributed by atoms with Gasteiger partial charge in [-0.25, -0.2) is 4.98 Å². The van der Waals surface area contributed by atoms with Gasteiger partial charge in [0.25, 0.3) is 5.91 Å². The molecule has 0 saturated carbocycles. The lowest BCUT2D eigenvalue weighted by atomic mass is 9.95. The molecule has 33 heavy (non-hydrogen) atoms. The van der Waals surface area contributed by atoms with Crippen LogP contribution in [-0.4, -0.2) is 53.7 Å². The molecule has 8 heteroatoms. The molecule has 3 heterocycles. The molecule has 176 valence electrons. The fourth-order valence-electron chi connectivity index (χ4n) is 5.26. The summed E-state index contributed by atoms with van der Waals surface area (Å²) in [6, 6.07) is 9.84. The van der Waals surface area contributed by atoms with Gasteiger partial charge in [-0.2, -0.15) is 0 Å². The lowest BCUT2D eigenvalue weighted by Crippen LogP contribution is -2.51. The summed E-state index contributed by atoms with van der Waals surface area (Å²) in [5, 5.41) is 12.4. The van der Waals surface area contributed by atoms with Crippen molar-refractivity contribution in [1.29, 1.82) is 0 Å². The van der Waals surface area contributed by atoms with Crippen LogP contribution in [0.3, 0.4) is 0 Å². The number of pyridine rings is 1. The number of nitrogens with two attached hydrogens (primary N) is 1. The molecule has 8 nitrogen and oxygen atoms in total. The Kier molecular flexibility index (Phi) is 7.13. The molecule has 1 aromatic heterocycles. The van der Waals surface area contributed by atoms with Crippen molar-refractivity contribution >= 4 is 17.6 Å². The summed E-state index contributed by atoms with van der Waals surface area (Å²) in [4.78, 5) is 31.4. The molecule has 2 aliphatic heterocycles. The van der Waals surface area contributed by atoms with Crippen molar-refractivity contribution in [2.24, 2.45) is 5.73 Å². The van der Waals surface area contributed by atoms with Gasteiger partial charge in [-0.3, -0.25) is 9.59 Å². The standard InChI is InChI=1S/C25H32N4O4/c1-33-22-7-4-6-21(20(22)5-2-3-12-30)25(32)28-17-13-18-9-10-19(14-17)29(18)23-11-8-16(15-27-23)24(26)31/h4,6-8,11,15,17-19,30H,2-3,5,9-10,12-14H2,1H3,(H2,26,31)(H,28,32). The van der Waals surface area contributed by atoms with Crippen molar-refractivity contribution in [3.8, 4) is 5.75 Å². The molecule has 1 aromatic carbocycles. The van der Waals surface area contributed by atoms with E-state index >= 15 is 0 Å². The third kappa shape index (κ3) is 4.95. The van der Waals surface area contributed by atoms with Crippen LogP contribution in [0, 0.1) is 0 Å². The minimum Gasteiger partial charge on any atom is -0.496 e. The summed E-state index contributed by atoms with van der Waals surface area (Å²) < 4.78 is 5.50. The first-order valence-electron chi connectivity index (χ1n) is 11.6. The van der Waals surface area contributed by atoms with E-state index in [2.05, 4.69) is 15.2 Å². The maximum atomic E-state index is 13.2. The van der Waals surface area contributed by atoms with E-state index in [1.807, 2.05) is 24.3 Å². The molecule has 2 fully saturated rings. The molecule has 2 saturated heterocycles. The zero-order valence-electron chi connectivity index (χ0n) is 19.0. The van der Waals surface area contributed by atoms with E-state index in [4.69, 9.17) is 15.6 Å². The highest BCUT2D eigenvalue weighted by atomic mass is 16.5. The number of primary amides is 1. The Bertz CT molecular complexity index is 980. The van der Waals surface area contributed by atoms with Crippen molar-refractivity contribution in [2.45, 2.75) is 63.1 Å². The maximum Gasteiger partial charge on any atom is 0.251 e. The number of rotatable bonds is 9. The number of hydrogen-bond donors (Lipinski definition) is 3. The van der Waals surface area contributed by atoms with Crippen molar-refractivity contribution < 1.29 is 19.4 Å². The normalized spacial score (nSPS) is 21.6. The number of aromatic nitrogens is 1. The first kappa shape index (κ1) is 23.0. The smallest absolute Gasteiger partial charge is 0.251 e. The summed E-state index contributed by atoms with van der Waals surface area (Å²) in [5.74, 6) is 1.01. The van der Waals surface area contributed by atoms with Crippen LogP contribution in [-0.2, 0) is 6.42 Å². The highest BCUT2D eigenvalue weighted by molar-refractivity contribution is 5.96. The van der Waals surface area contributed by atoms with E-state index in [0.29, 0.717) is 41.8 Å². The number of nitrogens with zero attached hydrogens (tertiary/aromatic N) is 2. The molecule has 2 aliphatic rings. The zero-order chi connectivity index (χ0) is 23.4. The second-order valence-corrected chi connectivity index (χ2v) is 8.87. The van der Waals surface area contributed by atoms with Gasteiger partial charge < -0.3 is 25.8 Å². The molecule has 2 unspecified atom stereocenters. The topological polar surface area (TPSA) is 118 Å². The minimum atomic E-state index is -0.480. The Labute approximate surface area is 194 Å². The molecule has 0 aliphatic carbocycles. The molecule has 4 rings (SSSR count). The van der Waals surface area contributed by atoms with Gasteiger partial charge in [-0.1, -0.05) is 6.07 Å². The number of amides is 2. The van der Waals surface area contributed by atoms with E-state index in [9.17, 15) is 9.59 Å². The monoisotopic (exact) mass is 452 g/mol. The van der Waals surface area contributed by atoms with Crippen LogP contribution in [0.15, 0.2) is 36.5 Å². The molecular weight excluding hydrogens is 420 g/mol. The summed E-state index contributed by atoms with van der Waals surface area (Å²) in [6.45, 7) is 0.137. The van der Waals surface area contributed by atoms with Crippen LogP contribution in [0.25, 0.3) is 0 Å². The Morgan fingerprint density at radius 3 is 2.55 bits per heavy atom. The minimum absolute atomic E-state index is 0.0744. The number of aliphatic hydroxyl groups is 1. The van der Waals surface area contributed by atoms with Gasteiger partial charge in [0.1, 0.15) is 11.6 Å². The summed E-state index contributed by atoms with van der Waals surface area (Å²) in [7, 11) is 1.62. The first-order chi connectivity index (χ1) is 16.0. The van der Waals surface area contributed by atoms with Crippen molar-refractivity contribution in [3.05, 3.63) is 53.2 Å². The van der Waals surface area contributed by atoms with Gasteiger partial charge in [0.2, 0.25) is 5.91 Å². The third-order valence-corrected chi connectivity index (χ3v) is 6.80. The molecule has 2 aromatic rings. The summed E-state index contributed by atoms with van der Waals surface area (Å²) in [6.07, 6.45) is 7.52. The summed E-state index contributed by atoms with van der Waals surface area (Å²) in [5.41, 5.74) is 7.27. The van der Waals surface area contributed by atoms with Crippen LogP contribution in [0.4, 0.5) is 5.82 Å². The fraction of sp³-hybridized carbons (Fsp3) is 0.480. The molecule has 0 spiro atoms. The van der Waals surface area contributed by atoms with Gasteiger partial charge in [-0.05, 0) is 69.2 Å². The first-order valence-corrected chi connectivity index (χ1v) is 11.6. The number of aliphatic hydroxyl groups excluding tert-OH is 1. The van der Waals surface area contributed by atoms with Crippen molar-refractivity contribution in [1.82, 2.24) is 10.3 Å². The Morgan fingerprint density at radius 2 is 1.94 bits per heavy atom. The quantitative estimate of drug-likeness (QED) is 0.503. The van der Waals surface area contributed by atoms with Gasteiger partial charge in [0.15, 0.2) is 0 Å². The number of methoxy groups -OCH3 is 1. The lowest BCUT2D eigenvalue weighted by molar-refractivity contribution is 0.0924. The maximum absolute atomic E-state index is 13.2. The Hall–Kier alpha value is -3.13. The number of nitrogens with one attached hydrogen (secondary N) is 1. The average molecular weight is 453 g/mol. The molecule has 2 amide bonds. The van der Waals surface area contributed by atoms with E-state index in [-0.39, 0.29) is 18.6 Å². The number of unbranched alkanes of at least 4 members (excludes halogenated alkanes) is 1. The number of piperidine rings is 1. The Morgan fingerprint density at radius 1 is 1.18 bits per heavy atom. The number of carbonyl (C=O) groups excluding carboxylic acids is 2. The van der Waals surface area contributed by atoms with Crippen molar-refractivity contribution in [2.75, 3.05) is 18.6 Å². The second-order valence-electron chi connectivity index (χ2n) is 8.87. The van der Waals surface area contributed by atoms with Crippen LogP contribution >= 0.6 is 0 Å². The largest absolute Gasteiger partial charge is 0.496 e. The number of hydrogen-bond acceptors (Lipinski definition) is 6. The average Bonchev–Trinajstić information content (AvgIpc) is 3.09. The number of fused-ring (bicyclic) bond motifs is 2. The van der Waals surface area contributed by atoms with Gasteiger partial charge in [0.05, 0.1) is 12.7 Å². The fourth-order valence-corrected chi connectivity index (χ4v) is 5.26. The highest BCUT2D eigenvalue weighted by Gasteiger charge is 2.42. The summed E-state index contributed by atoms with van der Waals surface area (Å²) >= 11 is 0. The highest BCUT2D eigenvalue weighted by Crippen LogP contribution is 2.38. The Balaban J connectivity index is 1.44. The van der Waals surface area contributed by atoms with Crippen molar-refractivity contribution in [3.63, 3.8) is 0 Å². The van der Waals surface area contributed by atoms with E-state index in [1.54, 1.807) is 13.2 Å². The lowest BCUT2D eigenvalue weighted by Gasteiger charge is -2.40. The van der Waals surface area contributed by atoms with Crippen LogP contribution in [0.1, 0.15) is 64.8 Å². The van der Waals surface area contributed by atoms with Gasteiger partial charge >= 0.3 is 0 Å². The number of carbonyl (C=O) groups is 2. The predicted octanol–water partition coefficient (Wildman–Crippen LogP) is 2.43. The predicted molar refractivity (Wildman–Crippen MR) is 126 cm³/mol. The SMILES string of the molecule is COc1cccc(C(=O)NC2CC3CCC(C2)N3c2ccc(C(N)=O)cn2)c1CCCCO. The molecule has 4 N–H and O–H groups in total.